The lowest BCUT2D eigenvalue weighted by atomic mass is 10.1. The van der Waals surface area contributed by atoms with Crippen molar-refractivity contribution in [1.82, 2.24) is 15.8 Å². The van der Waals surface area contributed by atoms with Gasteiger partial charge in [0.05, 0.1) is 6.10 Å². The zero-order valence-corrected chi connectivity index (χ0v) is 9.37. The van der Waals surface area contributed by atoms with E-state index in [1.807, 2.05) is 0 Å². The van der Waals surface area contributed by atoms with Crippen molar-refractivity contribution in [3.63, 3.8) is 0 Å². The van der Waals surface area contributed by atoms with Gasteiger partial charge in [0, 0.05) is 31.6 Å². The van der Waals surface area contributed by atoms with Crippen molar-refractivity contribution in [3.05, 3.63) is 18.0 Å². The van der Waals surface area contributed by atoms with Crippen LogP contribution in [0.15, 0.2) is 16.9 Å². The fourth-order valence-corrected chi connectivity index (χ4v) is 1.57. The third-order valence-electron chi connectivity index (χ3n) is 2.50. The topological polar surface area (TPSA) is 87.4 Å². The molecule has 2 unspecified atom stereocenters. The van der Waals surface area contributed by atoms with E-state index in [4.69, 9.17) is 0 Å². The zero-order valence-electron chi connectivity index (χ0n) is 8.55. The number of β-amino-alcohol motifs (C(OH)–C–C–N with tert-alkyl or cyclic N) is 1. The first kappa shape index (κ1) is 13.0. The summed E-state index contributed by atoms with van der Waals surface area (Å²) in [6, 6.07) is 1.50. The Morgan fingerprint density at radius 2 is 2.50 bits per heavy atom. The van der Waals surface area contributed by atoms with E-state index in [0.717, 1.165) is 6.54 Å². The number of aliphatic hydroxyl groups excluding tert-OH is 1. The van der Waals surface area contributed by atoms with Gasteiger partial charge in [-0.05, 0) is 0 Å². The molecule has 0 bridgehead atoms. The first-order chi connectivity index (χ1) is 7.27. The van der Waals surface area contributed by atoms with Crippen LogP contribution in [0.2, 0.25) is 0 Å². The van der Waals surface area contributed by atoms with Crippen LogP contribution >= 0.6 is 12.4 Å². The first-order valence-corrected chi connectivity index (χ1v) is 4.84. The van der Waals surface area contributed by atoms with Crippen LogP contribution in [-0.2, 0) is 0 Å². The smallest absolute Gasteiger partial charge is 0.273 e. The number of halogens is 1. The molecule has 1 saturated heterocycles. The number of carbonyl (C=O) groups is 1. The van der Waals surface area contributed by atoms with Gasteiger partial charge in [0.2, 0.25) is 0 Å². The number of hydrogen-bond donors (Lipinski definition) is 3. The third-order valence-corrected chi connectivity index (χ3v) is 2.50. The summed E-state index contributed by atoms with van der Waals surface area (Å²) in [5.74, 6) is -0.205. The molecule has 0 aromatic carbocycles. The molecule has 1 aromatic heterocycles. The molecular weight excluding hydrogens is 234 g/mol. The molecule has 2 atom stereocenters. The lowest BCUT2D eigenvalue weighted by Gasteiger charge is -2.13. The van der Waals surface area contributed by atoms with Crippen LogP contribution in [0, 0.1) is 5.92 Å². The van der Waals surface area contributed by atoms with Crippen LogP contribution in [0.25, 0.3) is 0 Å². The van der Waals surface area contributed by atoms with Crippen LogP contribution in [0.5, 0.6) is 0 Å². The minimum atomic E-state index is -0.386. The molecule has 1 aliphatic rings. The van der Waals surface area contributed by atoms with Crippen molar-refractivity contribution in [2.75, 3.05) is 19.6 Å². The Balaban J connectivity index is 0.00000128. The van der Waals surface area contributed by atoms with Gasteiger partial charge in [-0.1, -0.05) is 5.16 Å². The molecule has 7 heteroatoms. The van der Waals surface area contributed by atoms with Gasteiger partial charge >= 0.3 is 0 Å². The van der Waals surface area contributed by atoms with Gasteiger partial charge in [-0.3, -0.25) is 4.79 Å². The summed E-state index contributed by atoms with van der Waals surface area (Å²) >= 11 is 0. The Kier molecular flexibility index (Phi) is 4.72. The van der Waals surface area contributed by atoms with E-state index in [-0.39, 0.29) is 36.0 Å². The van der Waals surface area contributed by atoms with Crippen LogP contribution in [-0.4, -0.2) is 41.9 Å². The molecule has 2 heterocycles. The quantitative estimate of drug-likeness (QED) is 0.664. The summed E-state index contributed by atoms with van der Waals surface area (Å²) < 4.78 is 4.56. The Morgan fingerprint density at radius 3 is 3.06 bits per heavy atom. The van der Waals surface area contributed by atoms with E-state index in [1.165, 1.54) is 12.3 Å². The van der Waals surface area contributed by atoms with Gasteiger partial charge < -0.3 is 20.3 Å². The fourth-order valence-electron chi connectivity index (χ4n) is 1.57. The normalized spacial score (nSPS) is 23.8. The molecule has 0 saturated carbocycles. The maximum absolute atomic E-state index is 11.4. The van der Waals surface area contributed by atoms with Gasteiger partial charge in [-0.15, -0.1) is 12.4 Å². The maximum atomic E-state index is 11.4. The van der Waals surface area contributed by atoms with Crippen LogP contribution in [0.1, 0.15) is 10.5 Å². The van der Waals surface area contributed by atoms with Crippen LogP contribution < -0.4 is 10.6 Å². The van der Waals surface area contributed by atoms with E-state index in [1.54, 1.807) is 0 Å². The molecular formula is C9H14ClN3O3. The highest BCUT2D eigenvalue weighted by molar-refractivity contribution is 5.91. The molecule has 16 heavy (non-hydrogen) atoms. The summed E-state index contributed by atoms with van der Waals surface area (Å²) in [7, 11) is 0. The number of nitrogens with one attached hydrogen (secondary N) is 2. The average molecular weight is 248 g/mol. The number of nitrogens with zero attached hydrogens (tertiary/aromatic N) is 1. The fraction of sp³-hybridized carbons (Fsp3) is 0.556. The predicted molar refractivity (Wildman–Crippen MR) is 58.5 cm³/mol. The van der Waals surface area contributed by atoms with Crippen LogP contribution in [0.3, 0.4) is 0 Å². The van der Waals surface area contributed by atoms with E-state index in [2.05, 4.69) is 20.3 Å². The molecule has 1 aromatic rings. The van der Waals surface area contributed by atoms with Gasteiger partial charge in [0.25, 0.3) is 5.91 Å². The third kappa shape index (κ3) is 2.94. The van der Waals surface area contributed by atoms with Crippen molar-refractivity contribution >= 4 is 18.3 Å². The van der Waals surface area contributed by atoms with Gasteiger partial charge in [0.15, 0.2) is 5.69 Å². The molecule has 0 spiro atoms. The molecule has 6 nitrogen and oxygen atoms in total. The average Bonchev–Trinajstić information content (AvgIpc) is 2.85. The van der Waals surface area contributed by atoms with Crippen molar-refractivity contribution in [3.8, 4) is 0 Å². The molecule has 0 aliphatic carbocycles. The van der Waals surface area contributed by atoms with Crippen molar-refractivity contribution in [2.45, 2.75) is 6.10 Å². The monoisotopic (exact) mass is 247 g/mol. The largest absolute Gasteiger partial charge is 0.391 e. The highest BCUT2D eigenvalue weighted by Crippen LogP contribution is 2.07. The Hall–Kier alpha value is -1.11. The number of amides is 1. The van der Waals surface area contributed by atoms with Gasteiger partial charge in [-0.25, -0.2) is 0 Å². The maximum Gasteiger partial charge on any atom is 0.273 e. The highest BCUT2D eigenvalue weighted by Gasteiger charge is 2.25. The minimum Gasteiger partial charge on any atom is -0.391 e. The summed E-state index contributed by atoms with van der Waals surface area (Å²) in [6.07, 6.45) is 0.962. The molecule has 2 rings (SSSR count). The molecule has 1 amide bonds. The van der Waals surface area contributed by atoms with Crippen molar-refractivity contribution in [2.24, 2.45) is 5.92 Å². The summed E-state index contributed by atoms with van der Waals surface area (Å²) in [6.45, 7) is 1.75. The number of hydrogen-bond acceptors (Lipinski definition) is 5. The SMILES string of the molecule is Cl.O=C(NCC1CNCC1O)c1ccon1. The van der Waals surface area contributed by atoms with E-state index < -0.39 is 0 Å². The molecule has 90 valence electrons. The summed E-state index contributed by atoms with van der Waals surface area (Å²) in [5, 5.41) is 18.7. The van der Waals surface area contributed by atoms with Gasteiger partial charge in [-0.2, -0.15) is 0 Å². The highest BCUT2D eigenvalue weighted by atomic mass is 35.5. The first-order valence-electron chi connectivity index (χ1n) is 4.84. The second-order valence-electron chi connectivity index (χ2n) is 3.58. The van der Waals surface area contributed by atoms with E-state index >= 15 is 0 Å². The second kappa shape index (κ2) is 5.83. The Bertz CT molecular complexity index is 331. The number of aliphatic hydroxyl groups is 1. The zero-order chi connectivity index (χ0) is 10.7. The van der Waals surface area contributed by atoms with Crippen LogP contribution in [0.4, 0.5) is 0 Å². The summed E-state index contributed by atoms with van der Waals surface area (Å²) in [4.78, 5) is 11.4. The molecule has 3 N–H and O–H groups in total. The van der Waals surface area contributed by atoms with E-state index in [0.29, 0.717) is 13.1 Å². The number of aromatic nitrogens is 1. The van der Waals surface area contributed by atoms with Crippen molar-refractivity contribution < 1.29 is 14.4 Å². The lowest BCUT2D eigenvalue weighted by Crippen LogP contribution is -2.34. The molecule has 1 fully saturated rings. The summed E-state index contributed by atoms with van der Waals surface area (Å²) in [5.41, 5.74) is 0.260. The van der Waals surface area contributed by atoms with Crippen molar-refractivity contribution in [1.29, 1.82) is 0 Å². The standard InChI is InChI=1S/C9H13N3O3.ClH/c13-8-5-10-3-6(8)4-11-9(14)7-1-2-15-12-7;/h1-2,6,8,10,13H,3-5H2,(H,11,14);1H. The lowest BCUT2D eigenvalue weighted by molar-refractivity contribution is 0.0918. The number of carbonyl (C=O) groups excluding carboxylic acids is 1. The Morgan fingerprint density at radius 1 is 1.69 bits per heavy atom. The molecule has 0 radical (unpaired) electrons. The molecule has 1 aliphatic heterocycles. The van der Waals surface area contributed by atoms with E-state index in [9.17, 15) is 9.90 Å². The predicted octanol–water partition coefficient (Wildman–Crippen LogP) is -0.594. The second-order valence-corrected chi connectivity index (χ2v) is 3.58. The minimum absolute atomic E-state index is 0. The van der Waals surface area contributed by atoms with Gasteiger partial charge in [0.1, 0.15) is 6.26 Å². The number of rotatable bonds is 3. The Labute approximate surface area is 98.8 Å².